The van der Waals surface area contributed by atoms with E-state index in [0.29, 0.717) is 39.5 Å². The molecule has 1 aliphatic heterocycles. The predicted molar refractivity (Wildman–Crippen MR) is 105 cm³/mol. The number of carbonyl (C=O) groups excluding carboxylic acids is 1. The molecule has 0 fully saturated rings. The quantitative estimate of drug-likeness (QED) is 0.608. The topological polar surface area (TPSA) is 88.0 Å². The van der Waals surface area contributed by atoms with Crippen molar-refractivity contribution in [1.82, 2.24) is 9.97 Å². The van der Waals surface area contributed by atoms with Gasteiger partial charge in [-0.05, 0) is 38.3 Å². The van der Waals surface area contributed by atoms with Crippen LogP contribution in [0.4, 0.5) is 5.82 Å². The number of rotatable bonds is 4. The second-order valence-electron chi connectivity index (χ2n) is 7.15. The van der Waals surface area contributed by atoms with Gasteiger partial charge in [-0.2, -0.15) is 0 Å². The maximum atomic E-state index is 13.0. The number of aryl methyl sites for hydroxylation is 1. The molecule has 27 heavy (non-hydrogen) atoms. The van der Waals surface area contributed by atoms with Crippen LogP contribution in [0.15, 0.2) is 37.8 Å². The summed E-state index contributed by atoms with van der Waals surface area (Å²) in [5.74, 6) is 1.48. The smallest absolute Gasteiger partial charge is 0.257 e. The molecule has 1 aliphatic carbocycles. The highest BCUT2D eigenvalue weighted by Crippen LogP contribution is 2.43. The highest BCUT2D eigenvalue weighted by Gasteiger charge is 2.39. The minimum Gasteiger partial charge on any atom is -0.465 e. The molecular weight excluding hydrogens is 362 g/mol. The molecule has 0 spiro atoms. The first kappa shape index (κ1) is 18.1. The number of ketones is 1. The second kappa shape index (κ2) is 7.03. The predicted octanol–water partition coefficient (Wildman–Crippen LogP) is 4.13. The Morgan fingerprint density at radius 2 is 2.15 bits per heavy atom. The zero-order valence-corrected chi connectivity index (χ0v) is 16.5. The van der Waals surface area contributed by atoms with Crippen LogP contribution < -0.4 is 10.9 Å². The van der Waals surface area contributed by atoms with E-state index in [4.69, 9.17) is 4.42 Å². The number of nitrogens with zero attached hydrogens (tertiary/aromatic N) is 1. The summed E-state index contributed by atoms with van der Waals surface area (Å²) >= 11 is 1.55. The molecule has 0 aromatic carbocycles. The highest BCUT2D eigenvalue weighted by atomic mass is 32.2. The molecule has 0 amide bonds. The van der Waals surface area contributed by atoms with Crippen molar-refractivity contribution in [2.75, 3.05) is 5.32 Å². The molecular formula is C20H23N3O3S. The van der Waals surface area contributed by atoms with Gasteiger partial charge >= 0.3 is 0 Å². The van der Waals surface area contributed by atoms with E-state index in [-0.39, 0.29) is 11.3 Å². The molecule has 0 bridgehead atoms. The van der Waals surface area contributed by atoms with Gasteiger partial charge in [0.15, 0.2) is 10.9 Å². The van der Waals surface area contributed by atoms with E-state index >= 15 is 0 Å². The largest absolute Gasteiger partial charge is 0.465 e. The molecule has 2 aromatic rings. The number of fused-ring (bicyclic) bond motifs is 1. The van der Waals surface area contributed by atoms with E-state index in [1.807, 2.05) is 19.1 Å². The van der Waals surface area contributed by atoms with Crippen LogP contribution in [-0.4, -0.2) is 21.0 Å². The maximum Gasteiger partial charge on any atom is 0.257 e. The molecule has 7 heteroatoms. The summed E-state index contributed by atoms with van der Waals surface area (Å²) in [4.78, 5) is 33.3. The number of hydrogen-bond donors (Lipinski definition) is 2. The van der Waals surface area contributed by atoms with Gasteiger partial charge in [0.2, 0.25) is 0 Å². The molecule has 0 saturated heterocycles. The Hall–Kier alpha value is -2.28. The van der Waals surface area contributed by atoms with Crippen LogP contribution in [-0.2, 0) is 4.79 Å². The number of carbonyl (C=O) groups is 1. The number of furan rings is 1. The molecule has 0 radical (unpaired) electrons. The monoisotopic (exact) mass is 385 g/mol. The van der Waals surface area contributed by atoms with Crippen LogP contribution in [0.2, 0.25) is 0 Å². The van der Waals surface area contributed by atoms with Crippen LogP contribution >= 0.6 is 11.8 Å². The van der Waals surface area contributed by atoms with Crippen molar-refractivity contribution in [3.63, 3.8) is 0 Å². The first-order valence-electron chi connectivity index (χ1n) is 9.38. The van der Waals surface area contributed by atoms with E-state index in [0.717, 1.165) is 30.7 Å². The molecule has 4 rings (SSSR count). The Bertz CT molecular complexity index is 989. The minimum absolute atomic E-state index is 0.0749. The van der Waals surface area contributed by atoms with Gasteiger partial charge in [0.05, 0.1) is 11.5 Å². The van der Waals surface area contributed by atoms with Gasteiger partial charge in [-0.3, -0.25) is 9.59 Å². The highest BCUT2D eigenvalue weighted by molar-refractivity contribution is 7.99. The number of Topliss-reactive ketones (excluding diaryl/α,β-unsaturated/α-hetero) is 1. The summed E-state index contributed by atoms with van der Waals surface area (Å²) in [6.45, 7) is 6.07. The van der Waals surface area contributed by atoms with Gasteiger partial charge in [-0.15, -0.1) is 0 Å². The average Bonchev–Trinajstić information content (AvgIpc) is 3.06. The van der Waals surface area contributed by atoms with Gasteiger partial charge in [-0.25, -0.2) is 4.98 Å². The first-order chi connectivity index (χ1) is 13.0. The summed E-state index contributed by atoms with van der Waals surface area (Å²) in [5.41, 5.74) is 1.77. The molecule has 0 unspecified atom stereocenters. The fraction of sp³-hybridized carbons (Fsp3) is 0.450. The lowest BCUT2D eigenvalue weighted by Gasteiger charge is -2.31. The Morgan fingerprint density at radius 1 is 1.33 bits per heavy atom. The van der Waals surface area contributed by atoms with Crippen molar-refractivity contribution in [2.24, 2.45) is 0 Å². The number of hydrogen-bond acceptors (Lipinski definition) is 6. The van der Waals surface area contributed by atoms with E-state index in [1.165, 1.54) is 0 Å². The molecule has 6 nitrogen and oxygen atoms in total. The summed E-state index contributed by atoms with van der Waals surface area (Å²) in [6, 6.07) is 3.71. The molecule has 3 heterocycles. The zero-order chi connectivity index (χ0) is 19.1. The van der Waals surface area contributed by atoms with E-state index in [9.17, 15) is 9.59 Å². The zero-order valence-electron chi connectivity index (χ0n) is 15.7. The molecule has 142 valence electrons. The van der Waals surface area contributed by atoms with E-state index in [2.05, 4.69) is 29.1 Å². The van der Waals surface area contributed by atoms with Gasteiger partial charge in [-0.1, -0.05) is 25.6 Å². The second-order valence-corrected chi connectivity index (χ2v) is 8.57. The molecule has 2 aromatic heterocycles. The lowest BCUT2D eigenvalue weighted by molar-refractivity contribution is -0.116. The van der Waals surface area contributed by atoms with Crippen molar-refractivity contribution < 1.29 is 9.21 Å². The molecule has 0 saturated carbocycles. The normalized spacial score (nSPS) is 20.1. The van der Waals surface area contributed by atoms with Crippen LogP contribution in [0.5, 0.6) is 0 Å². The van der Waals surface area contributed by atoms with E-state index in [1.54, 1.807) is 11.8 Å². The Balaban J connectivity index is 1.88. The molecule has 2 atom stereocenters. The number of allylic oxidation sites excluding steroid dienone is 2. The average molecular weight is 385 g/mol. The number of aromatic amines is 1. The summed E-state index contributed by atoms with van der Waals surface area (Å²) in [7, 11) is 0. The van der Waals surface area contributed by atoms with Gasteiger partial charge in [0, 0.05) is 22.9 Å². The van der Waals surface area contributed by atoms with Crippen LogP contribution in [0, 0.1) is 6.92 Å². The van der Waals surface area contributed by atoms with Gasteiger partial charge in [0.1, 0.15) is 17.3 Å². The standard InChI is InChI=1S/C20H23N3O3S/c1-4-11(3)27-20-22-18-17(19(25)23-20)16(14-9-8-10(2)26-14)15-12(21-18)6-5-7-13(15)24/h8-9,11,16H,4-7H2,1-3H3,(H2,21,22,23,25)/t11-,16-/m0/s1. The van der Waals surface area contributed by atoms with Gasteiger partial charge < -0.3 is 14.7 Å². The number of H-pyrrole nitrogens is 1. The van der Waals surface area contributed by atoms with Crippen LogP contribution in [0.1, 0.15) is 62.5 Å². The fourth-order valence-corrected chi connectivity index (χ4v) is 4.51. The summed E-state index contributed by atoms with van der Waals surface area (Å²) in [6.07, 6.45) is 3.07. The molecule has 2 aliphatic rings. The summed E-state index contributed by atoms with van der Waals surface area (Å²) < 4.78 is 5.84. The lowest BCUT2D eigenvalue weighted by Crippen LogP contribution is -2.32. The maximum absolute atomic E-state index is 13.0. The van der Waals surface area contributed by atoms with E-state index < -0.39 is 5.92 Å². The number of aromatic nitrogens is 2. The van der Waals surface area contributed by atoms with Crippen LogP contribution in [0.3, 0.4) is 0 Å². The molecule has 2 N–H and O–H groups in total. The Labute approximate surface area is 161 Å². The third-order valence-corrected chi connectivity index (χ3v) is 6.32. The minimum atomic E-state index is -0.503. The summed E-state index contributed by atoms with van der Waals surface area (Å²) in [5, 5.41) is 4.23. The first-order valence-corrected chi connectivity index (χ1v) is 10.3. The number of nitrogens with one attached hydrogen (secondary N) is 2. The third kappa shape index (κ3) is 3.25. The van der Waals surface area contributed by atoms with Crippen molar-refractivity contribution in [2.45, 2.75) is 62.8 Å². The van der Waals surface area contributed by atoms with Gasteiger partial charge in [0.25, 0.3) is 5.56 Å². The lowest BCUT2D eigenvalue weighted by atomic mass is 9.79. The Morgan fingerprint density at radius 3 is 2.85 bits per heavy atom. The van der Waals surface area contributed by atoms with Crippen molar-refractivity contribution in [3.8, 4) is 0 Å². The van der Waals surface area contributed by atoms with Crippen molar-refractivity contribution >= 4 is 23.4 Å². The fourth-order valence-electron chi connectivity index (χ4n) is 3.66. The van der Waals surface area contributed by atoms with Crippen molar-refractivity contribution in [3.05, 3.63) is 50.8 Å². The number of anilines is 1. The SMILES string of the molecule is CC[C@H](C)Sc1nc2c(c(=O)[nH]1)[C@@H](c1ccc(C)o1)C1=C(CCCC1=O)N2. The Kier molecular flexibility index (Phi) is 4.72. The van der Waals surface area contributed by atoms with Crippen molar-refractivity contribution in [1.29, 1.82) is 0 Å². The van der Waals surface area contributed by atoms with Crippen LogP contribution in [0.25, 0.3) is 0 Å². The third-order valence-electron chi connectivity index (χ3n) is 5.17. The number of thioether (sulfide) groups is 1.